The minimum absolute atomic E-state index is 0.00574. The van der Waals surface area contributed by atoms with Crippen LogP contribution in [0.4, 0.5) is 5.82 Å². The Morgan fingerprint density at radius 1 is 1.02 bits per heavy atom. The first-order valence-electron chi connectivity index (χ1n) is 13.7. The Kier molecular flexibility index (Phi) is 7.07. The first-order chi connectivity index (χ1) is 19.2. The maximum atomic E-state index is 13.7. The number of benzene rings is 1. The van der Waals surface area contributed by atoms with E-state index in [4.69, 9.17) is 19.8 Å². The molecule has 10 nitrogen and oxygen atoms in total. The Labute approximate surface area is 237 Å². The highest BCUT2D eigenvalue weighted by molar-refractivity contribution is 7.21. The lowest BCUT2D eigenvalue weighted by Gasteiger charge is -2.41. The number of nitrogens with zero attached hydrogens (tertiary/aromatic N) is 7. The summed E-state index contributed by atoms with van der Waals surface area (Å²) in [7, 11) is 0. The van der Waals surface area contributed by atoms with Crippen LogP contribution in [0.3, 0.4) is 0 Å². The van der Waals surface area contributed by atoms with Gasteiger partial charge in [-0.1, -0.05) is 23.8 Å². The third-order valence-corrected chi connectivity index (χ3v) is 8.95. The number of carbonyl (C=O) groups is 1. The molecule has 2 saturated heterocycles. The predicted octanol–water partition coefficient (Wildman–Crippen LogP) is 3.48. The van der Waals surface area contributed by atoms with Crippen LogP contribution in [0.2, 0.25) is 0 Å². The third kappa shape index (κ3) is 5.10. The molecule has 11 heteroatoms. The lowest BCUT2D eigenvalue weighted by atomic mass is 10.1. The van der Waals surface area contributed by atoms with Crippen molar-refractivity contribution in [1.29, 1.82) is 0 Å². The minimum atomic E-state index is -0.895. The van der Waals surface area contributed by atoms with Crippen LogP contribution in [0.15, 0.2) is 36.5 Å². The summed E-state index contributed by atoms with van der Waals surface area (Å²) in [6.45, 7) is 12.7. The number of ether oxygens (including phenoxy) is 1. The number of aromatic nitrogens is 4. The Balaban J connectivity index is 1.38. The highest BCUT2D eigenvalue weighted by atomic mass is 32.1. The summed E-state index contributed by atoms with van der Waals surface area (Å²) < 4.78 is 8.24. The average Bonchev–Trinajstić information content (AvgIpc) is 3.58. The van der Waals surface area contributed by atoms with Crippen molar-refractivity contribution in [3.63, 3.8) is 0 Å². The number of rotatable bonds is 5. The molecule has 1 N–H and O–H groups in total. The standard InChI is InChI=1S/C29H35N7O3S/c1-19-6-5-7-21(18-19)22-8-9-36(32-22)28-30-23-20(2)24(27(37)34-10-12-35(13-11-34)29(3,4)38)40-25(23)26(31-28)33-14-16-39-17-15-33/h5-9,18,38H,10-17H2,1-4H3. The van der Waals surface area contributed by atoms with Gasteiger partial charge in [-0.3, -0.25) is 9.69 Å². The second kappa shape index (κ2) is 10.5. The second-order valence-electron chi connectivity index (χ2n) is 11.0. The molecule has 2 fully saturated rings. The second-order valence-corrected chi connectivity index (χ2v) is 12.0. The number of fused-ring (bicyclic) bond motifs is 1. The summed E-state index contributed by atoms with van der Waals surface area (Å²) in [5.41, 5.74) is 3.81. The van der Waals surface area contributed by atoms with Gasteiger partial charge < -0.3 is 19.6 Å². The van der Waals surface area contributed by atoms with Crippen LogP contribution in [0.5, 0.6) is 0 Å². The van der Waals surface area contributed by atoms with E-state index in [2.05, 4.69) is 24.0 Å². The van der Waals surface area contributed by atoms with Crippen molar-refractivity contribution in [3.05, 3.63) is 52.5 Å². The first-order valence-corrected chi connectivity index (χ1v) is 14.5. The Hall–Kier alpha value is -3.38. The van der Waals surface area contributed by atoms with E-state index in [1.165, 1.54) is 16.9 Å². The number of aryl methyl sites for hydroxylation is 2. The van der Waals surface area contributed by atoms with Crippen molar-refractivity contribution in [3.8, 4) is 17.2 Å². The number of thiophene rings is 1. The molecule has 5 heterocycles. The van der Waals surface area contributed by atoms with Gasteiger partial charge in [0.25, 0.3) is 11.9 Å². The maximum absolute atomic E-state index is 13.7. The van der Waals surface area contributed by atoms with E-state index in [0.29, 0.717) is 50.2 Å². The molecule has 40 heavy (non-hydrogen) atoms. The molecule has 210 valence electrons. The van der Waals surface area contributed by atoms with Crippen molar-refractivity contribution in [2.75, 3.05) is 57.4 Å². The summed E-state index contributed by atoms with van der Waals surface area (Å²) in [5, 5.41) is 15.2. The fourth-order valence-electron chi connectivity index (χ4n) is 5.35. The molecule has 1 amide bonds. The summed E-state index contributed by atoms with van der Waals surface area (Å²) in [5.74, 6) is 1.30. The van der Waals surface area contributed by atoms with Gasteiger partial charge in [0.2, 0.25) is 0 Å². The van der Waals surface area contributed by atoms with Gasteiger partial charge in [-0.05, 0) is 45.4 Å². The number of amides is 1. The van der Waals surface area contributed by atoms with Crippen LogP contribution in [0.25, 0.3) is 27.4 Å². The van der Waals surface area contributed by atoms with Gasteiger partial charge in [0.05, 0.1) is 34.0 Å². The predicted molar refractivity (Wildman–Crippen MR) is 156 cm³/mol. The fraction of sp³-hybridized carbons (Fsp3) is 0.448. The highest BCUT2D eigenvalue weighted by Gasteiger charge is 2.32. The molecule has 0 bridgehead atoms. The lowest BCUT2D eigenvalue weighted by molar-refractivity contribution is -0.0929. The quantitative estimate of drug-likeness (QED) is 0.396. The van der Waals surface area contributed by atoms with E-state index in [1.54, 1.807) is 18.5 Å². The summed E-state index contributed by atoms with van der Waals surface area (Å²) in [6.07, 6.45) is 1.89. The van der Waals surface area contributed by atoms with E-state index in [9.17, 15) is 9.90 Å². The van der Waals surface area contributed by atoms with Gasteiger partial charge in [-0.2, -0.15) is 10.1 Å². The molecule has 2 aliphatic heterocycles. The van der Waals surface area contributed by atoms with E-state index in [0.717, 1.165) is 45.9 Å². The Bertz CT molecular complexity index is 1540. The van der Waals surface area contributed by atoms with Crippen molar-refractivity contribution in [2.45, 2.75) is 33.4 Å². The normalized spacial score (nSPS) is 17.1. The minimum Gasteiger partial charge on any atom is -0.378 e. The monoisotopic (exact) mass is 561 g/mol. The molecule has 4 aromatic rings. The van der Waals surface area contributed by atoms with Crippen LogP contribution in [0.1, 0.15) is 34.6 Å². The Morgan fingerprint density at radius 3 is 2.48 bits per heavy atom. The van der Waals surface area contributed by atoms with Crippen LogP contribution >= 0.6 is 11.3 Å². The summed E-state index contributed by atoms with van der Waals surface area (Å²) in [4.78, 5) is 30.5. The first kappa shape index (κ1) is 26.8. The van der Waals surface area contributed by atoms with Gasteiger partial charge >= 0.3 is 0 Å². The topological polar surface area (TPSA) is 99.9 Å². The van der Waals surface area contributed by atoms with Gasteiger partial charge in [0, 0.05) is 51.0 Å². The third-order valence-electron chi connectivity index (χ3n) is 7.69. The van der Waals surface area contributed by atoms with Crippen molar-refractivity contribution < 1.29 is 14.6 Å². The zero-order valence-corrected chi connectivity index (χ0v) is 24.2. The smallest absolute Gasteiger partial charge is 0.264 e. The molecule has 6 rings (SSSR count). The SMILES string of the molecule is Cc1cccc(-c2ccn(-c3nc(N4CCOCC4)c4sc(C(=O)N5CCN(C(C)(C)O)CC5)c(C)c4n3)n2)c1. The average molecular weight is 562 g/mol. The van der Waals surface area contributed by atoms with E-state index >= 15 is 0 Å². The molecule has 0 unspecified atom stereocenters. The highest BCUT2D eigenvalue weighted by Crippen LogP contribution is 2.37. The van der Waals surface area contributed by atoms with E-state index in [1.807, 2.05) is 41.1 Å². The van der Waals surface area contributed by atoms with Gasteiger partial charge in [-0.25, -0.2) is 9.67 Å². The van der Waals surface area contributed by atoms with E-state index in [-0.39, 0.29) is 5.91 Å². The number of morpholine rings is 1. The molecular formula is C29H35N7O3S. The zero-order chi connectivity index (χ0) is 28.0. The number of hydrogen-bond donors (Lipinski definition) is 1. The van der Waals surface area contributed by atoms with Crippen molar-refractivity contribution in [1.82, 2.24) is 29.5 Å². The molecule has 0 saturated carbocycles. The zero-order valence-electron chi connectivity index (χ0n) is 23.4. The van der Waals surface area contributed by atoms with Crippen LogP contribution in [-0.4, -0.2) is 98.8 Å². The molecule has 0 radical (unpaired) electrons. The number of piperazine rings is 1. The van der Waals surface area contributed by atoms with Crippen LogP contribution < -0.4 is 4.90 Å². The van der Waals surface area contributed by atoms with Crippen LogP contribution in [-0.2, 0) is 4.74 Å². The number of aliphatic hydroxyl groups is 1. The molecular weight excluding hydrogens is 526 g/mol. The fourth-order valence-corrected chi connectivity index (χ4v) is 6.58. The molecule has 0 atom stereocenters. The van der Waals surface area contributed by atoms with Gasteiger partial charge in [-0.15, -0.1) is 11.3 Å². The number of hydrogen-bond acceptors (Lipinski definition) is 9. The van der Waals surface area contributed by atoms with Crippen molar-refractivity contribution in [2.24, 2.45) is 0 Å². The summed E-state index contributed by atoms with van der Waals surface area (Å²) >= 11 is 1.47. The van der Waals surface area contributed by atoms with Gasteiger partial charge in [0.1, 0.15) is 5.72 Å². The van der Waals surface area contributed by atoms with Crippen molar-refractivity contribution >= 4 is 33.3 Å². The molecule has 3 aromatic heterocycles. The summed E-state index contributed by atoms with van der Waals surface area (Å²) in [6, 6.07) is 10.2. The van der Waals surface area contributed by atoms with Gasteiger partial charge in [0.15, 0.2) is 5.82 Å². The largest absolute Gasteiger partial charge is 0.378 e. The molecule has 2 aliphatic rings. The van der Waals surface area contributed by atoms with E-state index < -0.39 is 5.72 Å². The molecule has 0 spiro atoms. The molecule has 0 aliphatic carbocycles. The lowest BCUT2D eigenvalue weighted by Crippen LogP contribution is -2.55. The maximum Gasteiger partial charge on any atom is 0.264 e. The number of anilines is 1. The number of carbonyl (C=O) groups excluding carboxylic acids is 1. The van der Waals surface area contributed by atoms with Crippen LogP contribution in [0, 0.1) is 13.8 Å². The Morgan fingerprint density at radius 2 is 1.77 bits per heavy atom. The molecule has 1 aromatic carbocycles.